The molecule has 0 bridgehead atoms. The highest BCUT2D eigenvalue weighted by atomic mass is 15.1. The summed E-state index contributed by atoms with van der Waals surface area (Å²) in [4.78, 5) is 2.62. The van der Waals surface area contributed by atoms with E-state index in [0.717, 1.165) is 12.1 Å². The first-order valence-corrected chi connectivity index (χ1v) is 6.98. The lowest BCUT2D eigenvalue weighted by Gasteiger charge is -2.38. The fourth-order valence-electron chi connectivity index (χ4n) is 2.94. The maximum absolute atomic E-state index is 3.74. The molecule has 0 aliphatic heterocycles. The van der Waals surface area contributed by atoms with Crippen molar-refractivity contribution in [2.75, 3.05) is 13.1 Å². The topological polar surface area (TPSA) is 15.3 Å². The van der Waals surface area contributed by atoms with Gasteiger partial charge in [-0.15, -0.1) is 0 Å². The van der Waals surface area contributed by atoms with Crippen molar-refractivity contribution in [1.82, 2.24) is 10.2 Å². The van der Waals surface area contributed by atoms with Gasteiger partial charge in [-0.25, -0.2) is 0 Å². The number of hydrogen-bond acceptors (Lipinski definition) is 2. The Balaban J connectivity index is 2.33. The van der Waals surface area contributed by atoms with Gasteiger partial charge in [0.1, 0.15) is 0 Å². The van der Waals surface area contributed by atoms with Crippen molar-refractivity contribution in [3.63, 3.8) is 0 Å². The molecule has 2 nitrogen and oxygen atoms in total. The summed E-state index contributed by atoms with van der Waals surface area (Å²) in [6, 6.07) is 1.58. The quantitative estimate of drug-likeness (QED) is 0.792. The minimum absolute atomic E-state index is 0.271. The molecule has 1 N–H and O–H groups in total. The molecule has 0 aromatic rings. The summed E-state index contributed by atoms with van der Waals surface area (Å²) in [6.07, 6.45) is 5.43. The predicted molar refractivity (Wildman–Crippen MR) is 71.9 cm³/mol. The number of nitrogens with zero attached hydrogens (tertiary/aromatic N) is 1. The van der Waals surface area contributed by atoms with Crippen molar-refractivity contribution < 1.29 is 0 Å². The van der Waals surface area contributed by atoms with Crippen molar-refractivity contribution in [3.05, 3.63) is 0 Å². The monoisotopic (exact) mass is 226 g/mol. The van der Waals surface area contributed by atoms with Gasteiger partial charge in [0.15, 0.2) is 0 Å². The summed E-state index contributed by atoms with van der Waals surface area (Å²) >= 11 is 0. The molecule has 1 fully saturated rings. The van der Waals surface area contributed by atoms with Gasteiger partial charge in [0, 0.05) is 17.6 Å². The lowest BCUT2D eigenvalue weighted by atomic mass is 9.88. The van der Waals surface area contributed by atoms with Crippen LogP contribution in [0.3, 0.4) is 0 Å². The lowest BCUT2D eigenvalue weighted by Crippen LogP contribution is -2.48. The molecule has 96 valence electrons. The van der Waals surface area contributed by atoms with Crippen molar-refractivity contribution in [1.29, 1.82) is 0 Å². The second kappa shape index (κ2) is 6.02. The first-order valence-electron chi connectivity index (χ1n) is 6.98. The van der Waals surface area contributed by atoms with E-state index in [9.17, 15) is 0 Å². The fraction of sp³-hybridized carbons (Fsp3) is 1.00. The molecular formula is C14H30N2. The molecule has 16 heavy (non-hydrogen) atoms. The van der Waals surface area contributed by atoms with E-state index >= 15 is 0 Å². The van der Waals surface area contributed by atoms with Crippen LogP contribution in [0, 0.1) is 0 Å². The maximum Gasteiger partial charge on any atom is 0.00990 e. The molecule has 0 spiro atoms. The Morgan fingerprint density at radius 2 is 1.50 bits per heavy atom. The summed E-state index contributed by atoms with van der Waals surface area (Å²) in [5.41, 5.74) is 0.271. The standard InChI is InChI=1S/C14H30N2/c1-6-16(7-2)13-10-8-12(9-11-13)15-14(3,4)5/h12-13,15H,6-11H2,1-5H3. The zero-order valence-electron chi connectivity index (χ0n) is 11.8. The van der Waals surface area contributed by atoms with E-state index in [4.69, 9.17) is 0 Å². The minimum atomic E-state index is 0.271. The average Bonchev–Trinajstić information content (AvgIpc) is 2.20. The van der Waals surface area contributed by atoms with Crippen LogP contribution in [0.25, 0.3) is 0 Å². The Morgan fingerprint density at radius 1 is 1.00 bits per heavy atom. The van der Waals surface area contributed by atoms with Gasteiger partial charge in [-0.3, -0.25) is 0 Å². The molecule has 0 aromatic heterocycles. The van der Waals surface area contributed by atoms with Crippen LogP contribution in [-0.2, 0) is 0 Å². The van der Waals surface area contributed by atoms with E-state index in [1.807, 2.05) is 0 Å². The smallest absolute Gasteiger partial charge is 0.00990 e. The third kappa shape index (κ3) is 4.42. The molecule has 0 amide bonds. The van der Waals surface area contributed by atoms with Gasteiger partial charge in [-0.2, -0.15) is 0 Å². The van der Waals surface area contributed by atoms with Crippen molar-refractivity contribution in [2.45, 2.75) is 77.9 Å². The average molecular weight is 226 g/mol. The minimum Gasteiger partial charge on any atom is -0.309 e. The number of rotatable bonds is 4. The van der Waals surface area contributed by atoms with E-state index in [1.165, 1.54) is 38.8 Å². The molecule has 0 heterocycles. The highest BCUT2D eigenvalue weighted by Crippen LogP contribution is 2.24. The Labute approximate surface area is 102 Å². The van der Waals surface area contributed by atoms with E-state index in [-0.39, 0.29) is 5.54 Å². The van der Waals surface area contributed by atoms with Crippen LogP contribution < -0.4 is 5.32 Å². The highest BCUT2D eigenvalue weighted by Gasteiger charge is 2.26. The molecule has 0 atom stereocenters. The normalized spacial score (nSPS) is 27.4. The van der Waals surface area contributed by atoms with Crippen LogP contribution in [-0.4, -0.2) is 35.6 Å². The zero-order valence-corrected chi connectivity index (χ0v) is 11.8. The Hall–Kier alpha value is -0.0800. The molecule has 1 aliphatic carbocycles. The first-order chi connectivity index (χ1) is 7.46. The van der Waals surface area contributed by atoms with Gasteiger partial charge < -0.3 is 10.2 Å². The van der Waals surface area contributed by atoms with Gasteiger partial charge in [-0.1, -0.05) is 13.8 Å². The van der Waals surface area contributed by atoms with Gasteiger partial charge >= 0.3 is 0 Å². The third-order valence-electron chi connectivity index (χ3n) is 3.66. The zero-order chi connectivity index (χ0) is 12.2. The molecule has 0 unspecified atom stereocenters. The molecule has 2 heteroatoms. The SMILES string of the molecule is CCN(CC)C1CCC(NC(C)(C)C)CC1. The summed E-state index contributed by atoms with van der Waals surface area (Å²) in [6.45, 7) is 13.8. The van der Waals surface area contributed by atoms with Crippen LogP contribution in [0.15, 0.2) is 0 Å². The second-order valence-corrected chi connectivity index (χ2v) is 6.12. The first kappa shape index (κ1) is 14.0. The fourth-order valence-corrected chi connectivity index (χ4v) is 2.94. The lowest BCUT2D eigenvalue weighted by molar-refractivity contribution is 0.149. The van der Waals surface area contributed by atoms with Crippen LogP contribution in [0.2, 0.25) is 0 Å². The van der Waals surface area contributed by atoms with E-state index < -0.39 is 0 Å². The number of hydrogen-bond donors (Lipinski definition) is 1. The Morgan fingerprint density at radius 3 is 1.88 bits per heavy atom. The van der Waals surface area contributed by atoms with Crippen molar-refractivity contribution in [2.24, 2.45) is 0 Å². The molecule has 1 saturated carbocycles. The summed E-state index contributed by atoms with van der Waals surface area (Å²) in [7, 11) is 0. The number of nitrogens with one attached hydrogen (secondary N) is 1. The Bertz CT molecular complexity index is 183. The highest BCUT2D eigenvalue weighted by molar-refractivity contribution is 4.85. The van der Waals surface area contributed by atoms with Crippen molar-refractivity contribution in [3.8, 4) is 0 Å². The van der Waals surface area contributed by atoms with E-state index in [2.05, 4.69) is 44.8 Å². The molecule has 0 radical (unpaired) electrons. The molecule has 0 saturated heterocycles. The maximum atomic E-state index is 3.74. The molecule has 1 aliphatic rings. The van der Waals surface area contributed by atoms with Crippen molar-refractivity contribution >= 4 is 0 Å². The van der Waals surface area contributed by atoms with Crippen LogP contribution in [0.4, 0.5) is 0 Å². The summed E-state index contributed by atoms with van der Waals surface area (Å²) in [5.74, 6) is 0. The van der Waals surface area contributed by atoms with Gasteiger partial charge in [-0.05, 0) is 59.5 Å². The molecule has 0 aromatic carbocycles. The van der Waals surface area contributed by atoms with Crippen LogP contribution in [0.1, 0.15) is 60.3 Å². The summed E-state index contributed by atoms with van der Waals surface area (Å²) in [5, 5.41) is 3.74. The molecular weight excluding hydrogens is 196 g/mol. The van der Waals surface area contributed by atoms with E-state index in [1.54, 1.807) is 0 Å². The third-order valence-corrected chi connectivity index (χ3v) is 3.66. The van der Waals surface area contributed by atoms with E-state index in [0.29, 0.717) is 0 Å². The van der Waals surface area contributed by atoms with Gasteiger partial charge in [0.05, 0.1) is 0 Å². The van der Waals surface area contributed by atoms with Crippen LogP contribution >= 0.6 is 0 Å². The second-order valence-electron chi connectivity index (χ2n) is 6.12. The molecule has 1 rings (SSSR count). The Kier molecular flexibility index (Phi) is 5.26. The van der Waals surface area contributed by atoms with Gasteiger partial charge in [0.2, 0.25) is 0 Å². The summed E-state index contributed by atoms with van der Waals surface area (Å²) < 4.78 is 0. The van der Waals surface area contributed by atoms with Crippen LogP contribution in [0.5, 0.6) is 0 Å². The largest absolute Gasteiger partial charge is 0.309 e. The predicted octanol–water partition coefficient (Wildman–Crippen LogP) is 3.03. The van der Waals surface area contributed by atoms with Gasteiger partial charge in [0.25, 0.3) is 0 Å².